The van der Waals surface area contributed by atoms with Gasteiger partial charge in [0.15, 0.2) is 0 Å². The van der Waals surface area contributed by atoms with E-state index >= 15 is 0 Å². The molecule has 2 heterocycles. The topological polar surface area (TPSA) is 112 Å². The molecule has 2 N–H and O–H groups in total. The van der Waals surface area contributed by atoms with Gasteiger partial charge in [-0.3, -0.25) is 14.4 Å². The Morgan fingerprint density at radius 2 is 2.13 bits per heavy atom. The first-order valence-corrected chi connectivity index (χ1v) is 6.69. The van der Waals surface area contributed by atoms with Gasteiger partial charge < -0.3 is 10.3 Å². The van der Waals surface area contributed by atoms with Gasteiger partial charge in [-0.2, -0.15) is 18.2 Å². The predicted molar refractivity (Wildman–Crippen MR) is 69.4 cm³/mol. The molecule has 0 aliphatic rings. The monoisotopic (exact) mass is 350 g/mol. The number of halogens is 3. The van der Waals surface area contributed by atoms with E-state index in [1.165, 1.54) is 19.2 Å². The molecule has 0 spiro atoms. The molecule has 12 heteroatoms. The Balaban J connectivity index is 2.16. The molecular formula is C11H9F3N4O4S. The van der Waals surface area contributed by atoms with Gasteiger partial charge in [-0.25, -0.2) is 5.06 Å². The highest BCUT2D eigenvalue weighted by Crippen LogP contribution is 2.32. The zero-order valence-corrected chi connectivity index (χ0v) is 12.3. The van der Waals surface area contributed by atoms with E-state index in [0.717, 1.165) is 16.4 Å². The number of carbonyl (C=O) groups excluding carboxylic acids is 2. The van der Waals surface area contributed by atoms with Crippen LogP contribution in [0.2, 0.25) is 0 Å². The average molecular weight is 350 g/mol. The first kappa shape index (κ1) is 16.9. The summed E-state index contributed by atoms with van der Waals surface area (Å²) >= 11 is 1.00. The third-order valence-corrected chi connectivity index (χ3v) is 3.57. The molecule has 2 aromatic heterocycles. The van der Waals surface area contributed by atoms with E-state index in [0.29, 0.717) is 9.75 Å². The highest BCUT2D eigenvalue weighted by Gasteiger charge is 2.38. The summed E-state index contributed by atoms with van der Waals surface area (Å²) in [5.74, 6) is -3.94. The number of aromatic nitrogens is 2. The number of nitrogens with zero attached hydrogens (tertiary/aromatic N) is 3. The maximum atomic E-state index is 12.4. The second kappa shape index (κ2) is 6.34. The molecule has 2 rings (SSSR count). The van der Waals surface area contributed by atoms with Gasteiger partial charge in [0.1, 0.15) is 0 Å². The summed E-state index contributed by atoms with van der Waals surface area (Å²) in [5.41, 5.74) is 4.86. The number of amides is 2. The Hall–Kier alpha value is -2.47. The van der Waals surface area contributed by atoms with E-state index in [2.05, 4.69) is 14.7 Å². The van der Waals surface area contributed by atoms with Crippen molar-refractivity contribution in [3.8, 4) is 10.7 Å². The van der Waals surface area contributed by atoms with Crippen LogP contribution in [0, 0.1) is 0 Å². The fourth-order valence-electron chi connectivity index (χ4n) is 1.51. The van der Waals surface area contributed by atoms with Crippen molar-refractivity contribution in [1.29, 1.82) is 0 Å². The lowest BCUT2D eigenvalue weighted by Crippen LogP contribution is -2.38. The molecule has 0 aliphatic carbocycles. The summed E-state index contributed by atoms with van der Waals surface area (Å²) < 4.78 is 41.4. The summed E-state index contributed by atoms with van der Waals surface area (Å²) in [4.78, 5) is 31.0. The molecule has 2 aromatic rings. The van der Waals surface area contributed by atoms with Crippen molar-refractivity contribution in [2.75, 3.05) is 7.11 Å². The lowest BCUT2D eigenvalue weighted by atomic mass is 10.4. The van der Waals surface area contributed by atoms with Gasteiger partial charge in [-0.15, -0.1) is 11.3 Å². The van der Waals surface area contributed by atoms with Crippen LogP contribution in [0.25, 0.3) is 10.7 Å². The Labute approximate surface area is 130 Å². The fraction of sp³-hybridized carbons (Fsp3) is 0.273. The Morgan fingerprint density at radius 1 is 1.43 bits per heavy atom. The van der Waals surface area contributed by atoms with E-state index in [1.807, 2.05) is 0 Å². The van der Waals surface area contributed by atoms with Gasteiger partial charge in [-0.05, 0) is 12.1 Å². The van der Waals surface area contributed by atoms with Crippen LogP contribution in [0.15, 0.2) is 16.7 Å². The van der Waals surface area contributed by atoms with Gasteiger partial charge in [0.25, 0.3) is 0 Å². The second-order valence-corrected chi connectivity index (χ2v) is 5.24. The average Bonchev–Trinajstić information content (AvgIpc) is 3.11. The first-order valence-electron chi connectivity index (χ1n) is 5.87. The zero-order valence-electron chi connectivity index (χ0n) is 11.5. The molecule has 0 saturated carbocycles. The summed E-state index contributed by atoms with van der Waals surface area (Å²) in [5, 5.41) is 3.96. The highest BCUT2D eigenvalue weighted by atomic mass is 32.1. The molecule has 0 atom stereocenters. The van der Waals surface area contributed by atoms with Crippen molar-refractivity contribution in [2.24, 2.45) is 5.73 Å². The molecule has 0 aromatic carbocycles. The van der Waals surface area contributed by atoms with Crippen LogP contribution in [-0.4, -0.2) is 34.1 Å². The van der Waals surface area contributed by atoms with Crippen molar-refractivity contribution in [1.82, 2.24) is 15.2 Å². The summed E-state index contributed by atoms with van der Waals surface area (Å²) in [6.45, 7) is -0.118. The maximum Gasteiger partial charge on any atom is 0.471 e. The minimum atomic E-state index is -4.73. The number of nitrogens with two attached hydrogens (primary N) is 1. The number of primary amides is 1. The maximum absolute atomic E-state index is 12.4. The smallest absolute Gasteiger partial charge is 0.361 e. The molecule has 0 fully saturated rings. The third-order valence-electron chi connectivity index (χ3n) is 2.51. The molecule has 0 radical (unpaired) electrons. The third kappa shape index (κ3) is 3.84. The highest BCUT2D eigenvalue weighted by molar-refractivity contribution is 7.15. The van der Waals surface area contributed by atoms with Crippen molar-refractivity contribution in [3.63, 3.8) is 0 Å². The predicted octanol–water partition coefficient (Wildman–Crippen LogP) is 1.19. The molecule has 8 nitrogen and oxygen atoms in total. The van der Waals surface area contributed by atoms with E-state index < -0.39 is 23.9 Å². The Bertz CT molecular complexity index is 727. The molecule has 0 saturated heterocycles. The zero-order chi connectivity index (χ0) is 17.2. The number of hydroxylamine groups is 2. The summed E-state index contributed by atoms with van der Waals surface area (Å²) in [6, 6.07) is 2.97. The minimum Gasteiger partial charge on any atom is -0.361 e. The van der Waals surface area contributed by atoms with Crippen LogP contribution < -0.4 is 5.73 Å². The Kier molecular flexibility index (Phi) is 4.65. The lowest BCUT2D eigenvalue weighted by Gasteiger charge is -2.16. The normalized spacial score (nSPS) is 11.5. The van der Waals surface area contributed by atoms with Crippen LogP contribution in [0.1, 0.15) is 10.8 Å². The number of thiophene rings is 1. The molecule has 124 valence electrons. The van der Waals surface area contributed by atoms with Crippen molar-refractivity contribution in [2.45, 2.75) is 12.7 Å². The second-order valence-electron chi connectivity index (χ2n) is 4.08. The number of hydrogen-bond acceptors (Lipinski definition) is 7. The largest absolute Gasteiger partial charge is 0.471 e. The fourth-order valence-corrected chi connectivity index (χ4v) is 2.42. The molecule has 2 amide bonds. The molecule has 0 unspecified atom stereocenters. The SMILES string of the molecule is CON(Cc1ccc(-c2noc(C(F)(F)F)n2)s1)C(=O)C(N)=O. The van der Waals surface area contributed by atoms with Crippen LogP contribution in [-0.2, 0) is 27.1 Å². The van der Waals surface area contributed by atoms with E-state index in [4.69, 9.17) is 10.6 Å². The van der Waals surface area contributed by atoms with Gasteiger partial charge in [0, 0.05) is 4.88 Å². The molecule has 0 bridgehead atoms. The van der Waals surface area contributed by atoms with E-state index in [9.17, 15) is 22.8 Å². The van der Waals surface area contributed by atoms with E-state index in [1.54, 1.807) is 0 Å². The number of carbonyl (C=O) groups is 2. The van der Waals surface area contributed by atoms with Gasteiger partial charge in [0.05, 0.1) is 18.5 Å². The molecule has 0 aliphatic heterocycles. The van der Waals surface area contributed by atoms with Crippen LogP contribution in [0.5, 0.6) is 0 Å². The van der Waals surface area contributed by atoms with E-state index in [-0.39, 0.29) is 12.4 Å². The quantitative estimate of drug-likeness (QED) is 0.655. The van der Waals surface area contributed by atoms with Gasteiger partial charge in [-0.1, -0.05) is 5.16 Å². The summed E-state index contributed by atoms with van der Waals surface area (Å²) in [6.07, 6.45) is -4.73. The van der Waals surface area contributed by atoms with Crippen molar-refractivity contribution >= 4 is 23.2 Å². The number of hydrogen-bond donors (Lipinski definition) is 1. The molecular weight excluding hydrogens is 341 g/mol. The first-order chi connectivity index (χ1) is 10.7. The molecule has 23 heavy (non-hydrogen) atoms. The van der Waals surface area contributed by atoms with Crippen LogP contribution in [0.4, 0.5) is 13.2 Å². The number of rotatable bonds is 4. The van der Waals surface area contributed by atoms with Gasteiger partial charge in [0.2, 0.25) is 5.82 Å². The van der Waals surface area contributed by atoms with Gasteiger partial charge >= 0.3 is 23.9 Å². The van der Waals surface area contributed by atoms with Crippen LogP contribution >= 0.6 is 11.3 Å². The van der Waals surface area contributed by atoms with Crippen molar-refractivity contribution < 1.29 is 32.1 Å². The standard InChI is InChI=1S/C11H9F3N4O4S/c1-21-18(9(20)7(15)19)4-5-2-3-6(23-5)8-16-10(22-17-8)11(12,13)14/h2-3H,4H2,1H3,(H2,15,19). The van der Waals surface area contributed by atoms with Crippen LogP contribution in [0.3, 0.4) is 0 Å². The minimum absolute atomic E-state index is 0.118. The van der Waals surface area contributed by atoms with Crippen molar-refractivity contribution in [3.05, 3.63) is 22.9 Å². The Morgan fingerprint density at radius 3 is 2.65 bits per heavy atom. The lowest BCUT2D eigenvalue weighted by molar-refractivity contribution is -0.181. The summed E-state index contributed by atoms with van der Waals surface area (Å²) in [7, 11) is 1.17. The number of alkyl halides is 3.